The predicted molar refractivity (Wildman–Crippen MR) is 84.5 cm³/mol. The lowest BCUT2D eigenvalue weighted by molar-refractivity contribution is -0.127. The van der Waals surface area contributed by atoms with Gasteiger partial charge in [0.2, 0.25) is 5.91 Å². The molecule has 0 saturated carbocycles. The van der Waals surface area contributed by atoms with Crippen LogP contribution in [0.25, 0.3) is 10.1 Å². The Morgan fingerprint density at radius 1 is 1.48 bits per heavy atom. The van der Waals surface area contributed by atoms with Crippen molar-refractivity contribution in [1.29, 1.82) is 0 Å². The number of hydrogen-bond donors (Lipinski definition) is 2. The second-order valence-corrected chi connectivity index (χ2v) is 6.36. The lowest BCUT2D eigenvalue weighted by atomic mass is 10.1. The Hall–Kier alpha value is -2.08. The fraction of sp³-hybridized carbons (Fsp3) is 0.333. The van der Waals surface area contributed by atoms with Gasteiger partial charge in [-0.05, 0) is 25.5 Å². The molecule has 3 N–H and O–H groups in total. The number of carbonyl (C=O) groups is 2. The topological polar surface area (TPSA) is 75.4 Å². The summed E-state index contributed by atoms with van der Waals surface area (Å²) >= 11 is 1.40. The van der Waals surface area contributed by atoms with Gasteiger partial charge in [0.1, 0.15) is 10.9 Å². The highest BCUT2D eigenvalue weighted by molar-refractivity contribution is 7.21. The summed E-state index contributed by atoms with van der Waals surface area (Å²) in [5.74, 6) is -0.279. The molecule has 1 aromatic carbocycles. The van der Waals surface area contributed by atoms with Crippen molar-refractivity contribution in [2.24, 2.45) is 0 Å². The number of rotatable bonds is 1. The molecule has 0 spiro atoms. The lowest BCUT2D eigenvalue weighted by Gasteiger charge is -2.32. The fourth-order valence-corrected chi connectivity index (χ4v) is 3.75. The minimum Gasteiger partial charge on any atom is -0.397 e. The van der Waals surface area contributed by atoms with Gasteiger partial charge >= 0.3 is 0 Å². The summed E-state index contributed by atoms with van der Waals surface area (Å²) in [5.41, 5.74) is 7.78. The molecule has 1 aliphatic rings. The maximum absolute atomic E-state index is 12.7. The van der Waals surface area contributed by atoms with Crippen molar-refractivity contribution < 1.29 is 9.59 Å². The lowest BCUT2D eigenvalue weighted by Crippen LogP contribution is -2.55. The van der Waals surface area contributed by atoms with Gasteiger partial charge in [-0.15, -0.1) is 11.3 Å². The maximum Gasteiger partial charge on any atom is 0.266 e. The van der Waals surface area contributed by atoms with Gasteiger partial charge in [0, 0.05) is 23.2 Å². The zero-order chi connectivity index (χ0) is 15.1. The average Bonchev–Trinajstić information content (AvgIpc) is 2.78. The quantitative estimate of drug-likeness (QED) is 0.843. The number of anilines is 1. The summed E-state index contributed by atoms with van der Waals surface area (Å²) in [7, 11) is 0. The third kappa shape index (κ3) is 2.25. The number of hydrogen-bond acceptors (Lipinski definition) is 4. The van der Waals surface area contributed by atoms with Crippen LogP contribution in [-0.4, -0.2) is 35.8 Å². The molecule has 1 atom stereocenters. The van der Waals surface area contributed by atoms with Crippen molar-refractivity contribution in [3.05, 3.63) is 28.6 Å². The molecule has 5 nitrogen and oxygen atoms in total. The van der Waals surface area contributed by atoms with Crippen LogP contribution in [-0.2, 0) is 4.79 Å². The molecule has 6 heteroatoms. The SMILES string of the molecule is Cc1ccc2c(N)c(C(=O)N3CCNC(=O)C3C)sc2c1. The van der Waals surface area contributed by atoms with E-state index in [1.54, 1.807) is 11.8 Å². The molecule has 1 fully saturated rings. The molecule has 110 valence electrons. The van der Waals surface area contributed by atoms with E-state index in [4.69, 9.17) is 5.73 Å². The van der Waals surface area contributed by atoms with Gasteiger partial charge in [0.25, 0.3) is 5.91 Å². The number of benzene rings is 1. The molecule has 1 unspecified atom stereocenters. The van der Waals surface area contributed by atoms with Crippen LogP contribution in [0.15, 0.2) is 18.2 Å². The Balaban J connectivity index is 2.01. The summed E-state index contributed by atoms with van der Waals surface area (Å²) in [6.45, 7) is 4.74. The van der Waals surface area contributed by atoms with Crippen LogP contribution >= 0.6 is 11.3 Å². The summed E-state index contributed by atoms with van der Waals surface area (Å²) < 4.78 is 1.00. The van der Waals surface area contributed by atoms with Crippen LogP contribution in [0, 0.1) is 6.92 Å². The third-order valence-electron chi connectivity index (χ3n) is 3.84. The highest BCUT2D eigenvalue weighted by atomic mass is 32.1. The van der Waals surface area contributed by atoms with Crippen LogP contribution in [0.5, 0.6) is 0 Å². The van der Waals surface area contributed by atoms with Crippen molar-refractivity contribution in [3.63, 3.8) is 0 Å². The number of carbonyl (C=O) groups excluding carboxylic acids is 2. The van der Waals surface area contributed by atoms with E-state index in [1.165, 1.54) is 11.3 Å². The van der Waals surface area contributed by atoms with E-state index < -0.39 is 6.04 Å². The molecule has 2 aromatic rings. The van der Waals surface area contributed by atoms with Crippen molar-refractivity contribution in [1.82, 2.24) is 10.2 Å². The molecule has 2 amide bonds. The molecule has 1 saturated heterocycles. The standard InChI is InChI=1S/C15H17N3O2S/c1-8-3-4-10-11(7-8)21-13(12(10)16)15(20)18-6-5-17-14(19)9(18)2/h3-4,7,9H,5-6,16H2,1-2H3,(H,17,19). The Morgan fingerprint density at radius 3 is 3.00 bits per heavy atom. The summed E-state index contributed by atoms with van der Waals surface area (Å²) in [4.78, 5) is 26.5. The van der Waals surface area contributed by atoms with E-state index in [9.17, 15) is 9.59 Å². The maximum atomic E-state index is 12.7. The van der Waals surface area contributed by atoms with Gasteiger partial charge in [-0.25, -0.2) is 0 Å². The monoisotopic (exact) mass is 303 g/mol. The number of nitrogens with one attached hydrogen (secondary N) is 1. The average molecular weight is 303 g/mol. The summed E-state index contributed by atoms with van der Waals surface area (Å²) in [6.07, 6.45) is 0. The molecule has 2 heterocycles. The van der Waals surface area contributed by atoms with Crippen molar-refractivity contribution in [2.75, 3.05) is 18.8 Å². The minimum atomic E-state index is -0.461. The number of nitrogen functional groups attached to an aromatic ring is 1. The number of thiophene rings is 1. The van der Waals surface area contributed by atoms with Gasteiger partial charge in [-0.3, -0.25) is 9.59 Å². The fourth-order valence-electron chi connectivity index (χ4n) is 2.57. The summed E-state index contributed by atoms with van der Waals surface area (Å²) in [6, 6.07) is 5.49. The number of nitrogens with two attached hydrogens (primary N) is 1. The summed E-state index contributed by atoms with van der Waals surface area (Å²) in [5, 5.41) is 3.66. The van der Waals surface area contributed by atoms with Gasteiger partial charge < -0.3 is 16.0 Å². The number of aryl methyl sites for hydroxylation is 1. The van der Waals surface area contributed by atoms with Crippen LogP contribution < -0.4 is 11.1 Å². The van der Waals surface area contributed by atoms with E-state index in [0.717, 1.165) is 15.6 Å². The molecule has 0 bridgehead atoms. The first-order chi connectivity index (χ1) is 9.99. The van der Waals surface area contributed by atoms with Crippen LogP contribution in [0.2, 0.25) is 0 Å². The largest absolute Gasteiger partial charge is 0.397 e. The number of piperazine rings is 1. The van der Waals surface area contributed by atoms with Crippen LogP contribution in [0.4, 0.5) is 5.69 Å². The molecule has 1 aromatic heterocycles. The smallest absolute Gasteiger partial charge is 0.266 e. The van der Waals surface area contributed by atoms with E-state index in [-0.39, 0.29) is 11.8 Å². The Labute approximate surface area is 126 Å². The Morgan fingerprint density at radius 2 is 2.24 bits per heavy atom. The zero-order valence-electron chi connectivity index (χ0n) is 12.0. The molecule has 0 aliphatic carbocycles. The number of fused-ring (bicyclic) bond motifs is 1. The first-order valence-electron chi connectivity index (χ1n) is 6.86. The van der Waals surface area contributed by atoms with E-state index in [1.807, 2.05) is 25.1 Å². The molecule has 21 heavy (non-hydrogen) atoms. The minimum absolute atomic E-state index is 0.120. The molecular formula is C15H17N3O2S. The zero-order valence-corrected chi connectivity index (χ0v) is 12.8. The Bertz CT molecular complexity index is 738. The number of nitrogens with zero attached hydrogens (tertiary/aromatic N) is 1. The van der Waals surface area contributed by atoms with Crippen LogP contribution in [0.3, 0.4) is 0 Å². The van der Waals surface area contributed by atoms with E-state index in [2.05, 4.69) is 5.32 Å². The number of amides is 2. The van der Waals surface area contributed by atoms with Crippen LogP contribution in [0.1, 0.15) is 22.2 Å². The third-order valence-corrected chi connectivity index (χ3v) is 4.99. The van der Waals surface area contributed by atoms with Crippen molar-refractivity contribution >= 4 is 38.9 Å². The second-order valence-electron chi connectivity index (χ2n) is 5.31. The Kier molecular flexibility index (Phi) is 3.33. The van der Waals surface area contributed by atoms with Gasteiger partial charge in [0.05, 0.1) is 5.69 Å². The van der Waals surface area contributed by atoms with Gasteiger partial charge in [-0.2, -0.15) is 0 Å². The van der Waals surface area contributed by atoms with E-state index in [0.29, 0.717) is 23.7 Å². The highest BCUT2D eigenvalue weighted by Crippen LogP contribution is 2.35. The first-order valence-corrected chi connectivity index (χ1v) is 7.68. The van der Waals surface area contributed by atoms with Crippen molar-refractivity contribution in [3.8, 4) is 0 Å². The molecular weight excluding hydrogens is 286 g/mol. The van der Waals surface area contributed by atoms with Gasteiger partial charge in [-0.1, -0.05) is 12.1 Å². The van der Waals surface area contributed by atoms with E-state index >= 15 is 0 Å². The van der Waals surface area contributed by atoms with Gasteiger partial charge in [0.15, 0.2) is 0 Å². The molecule has 3 rings (SSSR count). The highest BCUT2D eigenvalue weighted by Gasteiger charge is 2.31. The predicted octanol–water partition coefficient (Wildman–Crippen LogP) is 1.75. The van der Waals surface area contributed by atoms with Crippen molar-refractivity contribution in [2.45, 2.75) is 19.9 Å². The molecule has 1 aliphatic heterocycles. The molecule has 0 radical (unpaired) electrons. The normalized spacial score (nSPS) is 18.9. The first kappa shape index (κ1) is 13.9. The second kappa shape index (κ2) is 5.04.